The number of amides is 1. The van der Waals surface area contributed by atoms with Gasteiger partial charge in [-0.1, -0.05) is 40.2 Å². The predicted molar refractivity (Wildman–Crippen MR) is 80.8 cm³/mol. The molecule has 3 nitrogen and oxygen atoms in total. The zero-order chi connectivity index (χ0) is 15.2. The summed E-state index contributed by atoms with van der Waals surface area (Å²) in [4.78, 5) is 11.7. The second kappa shape index (κ2) is 7.00. The van der Waals surface area contributed by atoms with Gasteiger partial charge in [-0.3, -0.25) is 4.79 Å². The second-order valence-electron chi connectivity index (χ2n) is 4.45. The molecule has 0 unspecified atom stereocenters. The van der Waals surface area contributed by atoms with E-state index in [0.717, 1.165) is 10.0 Å². The quantitative estimate of drug-likeness (QED) is 0.917. The normalized spacial score (nSPS) is 11.5. The van der Waals surface area contributed by atoms with Crippen molar-refractivity contribution in [1.82, 2.24) is 5.32 Å². The van der Waals surface area contributed by atoms with Gasteiger partial charge in [0.05, 0.1) is 12.1 Å². The molecular formula is C16H12BrFN2O. The average Bonchev–Trinajstić information content (AvgIpc) is 2.45. The Morgan fingerprint density at radius 1 is 1.24 bits per heavy atom. The maximum absolute atomic E-state index is 13.4. The minimum atomic E-state index is -0.501. The maximum atomic E-state index is 13.4. The highest BCUT2D eigenvalue weighted by Gasteiger charge is 2.17. The van der Waals surface area contributed by atoms with Crippen LogP contribution >= 0.6 is 15.9 Å². The summed E-state index contributed by atoms with van der Waals surface area (Å²) in [7, 11) is 0. The number of benzene rings is 2. The Morgan fingerprint density at radius 2 is 1.90 bits per heavy atom. The Hall–Kier alpha value is -2.19. The van der Waals surface area contributed by atoms with E-state index in [-0.39, 0.29) is 12.2 Å². The number of rotatable bonds is 4. The number of nitrogens with one attached hydrogen (secondary N) is 1. The molecule has 0 fully saturated rings. The van der Waals surface area contributed by atoms with E-state index in [1.165, 1.54) is 12.1 Å². The molecule has 0 aliphatic heterocycles. The van der Waals surface area contributed by atoms with Crippen LogP contribution in [0.15, 0.2) is 53.0 Å². The van der Waals surface area contributed by atoms with Crippen LogP contribution in [0, 0.1) is 17.1 Å². The van der Waals surface area contributed by atoms with Crippen LogP contribution in [0.1, 0.15) is 23.6 Å². The molecule has 1 amide bonds. The van der Waals surface area contributed by atoms with Crippen molar-refractivity contribution in [2.75, 3.05) is 0 Å². The Balaban J connectivity index is 2.39. The Labute approximate surface area is 130 Å². The van der Waals surface area contributed by atoms with E-state index < -0.39 is 11.9 Å². The molecular weight excluding hydrogens is 335 g/mol. The van der Waals surface area contributed by atoms with Crippen molar-refractivity contribution >= 4 is 21.8 Å². The molecule has 1 N–H and O–H groups in total. The molecule has 0 bridgehead atoms. The van der Waals surface area contributed by atoms with Crippen LogP contribution in [0.2, 0.25) is 0 Å². The van der Waals surface area contributed by atoms with Crippen LogP contribution in [0.4, 0.5) is 4.39 Å². The zero-order valence-electron chi connectivity index (χ0n) is 11.0. The third-order valence-corrected chi connectivity index (χ3v) is 3.40. The van der Waals surface area contributed by atoms with Gasteiger partial charge in [-0.05, 0) is 35.4 Å². The van der Waals surface area contributed by atoms with Crippen molar-refractivity contribution in [3.63, 3.8) is 0 Å². The first-order chi connectivity index (χ1) is 10.1. The van der Waals surface area contributed by atoms with Crippen LogP contribution in [-0.2, 0) is 4.79 Å². The molecule has 2 rings (SSSR count). The molecule has 0 aliphatic rings. The van der Waals surface area contributed by atoms with E-state index in [9.17, 15) is 9.18 Å². The van der Waals surface area contributed by atoms with Gasteiger partial charge in [0, 0.05) is 4.47 Å². The molecule has 2 aromatic carbocycles. The molecule has 0 radical (unpaired) electrons. The van der Waals surface area contributed by atoms with Crippen LogP contribution in [0.3, 0.4) is 0 Å². The summed E-state index contributed by atoms with van der Waals surface area (Å²) in [5, 5.41) is 11.4. The topological polar surface area (TPSA) is 52.9 Å². The van der Waals surface area contributed by atoms with E-state index in [1.54, 1.807) is 18.2 Å². The molecule has 0 saturated carbocycles. The molecule has 5 heteroatoms. The number of carbonyl (C=O) groups is 1. The molecule has 21 heavy (non-hydrogen) atoms. The van der Waals surface area contributed by atoms with Gasteiger partial charge in [-0.15, -0.1) is 0 Å². The average molecular weight is 347 g/mol. The summed E-state index contributed by atoms with van der Waals surface area (Å²) >= 11 is 3.38. The first-order valence-electron chi connectivity index (χ1n) is 6.27. The third kappa shape index (κ3) is 4.14. The summed E-state index contributed by atoms with van der Waals surface area (Å²) in [6, 6.07) is 14.7. The highest BCUT2D eigenvalue weighted by Crippen LogP contribution is 2.25. The monoisotopic (exact) mass is 346 g/mol. The lowest BCUT2D eigenvalue weighted by molar-refractivity contribution is -0.120. The fourth-order valence-corrected chi connectivity index (χ4v) is 2.43. The van der Waals surface area contributed by atoms with Gasteiger partial charge < -0.3 is 5.32 Å². The lowest BCUT2D eigenvalue weighted by atomic mass is 9.98. The highest BCUT2D eigenvalue weighted by molar-refractivity contribution is 9.10. The number of hydrogen-bond donors (Lipinski definition) is 1. The predicted octanol–water partition coefficient (Wildman–Crippen LogP) is 3.71. The van der Waals surface area contributed by atoms with E-state index in [4.69, 9.17) is 5.26 Å². The van der Waals surface area contributed by atoms with E-state index >= 15 is 0 Å². The minimum absolute atomic E-state index is 0.236. The van der Waals surface area contributed by atoms with Crippen molar-refractivity contribution in [1.29, 1.82) is 5.26 Å². The Morgan fingerprint density at radius 3 is 2.52 bits per heavy atom. The van der Waals surface area contributed by atoms with Gasteiger partial charge in [0.25, 0.3) is 0 Å². The maximum Gasteiger partial charge on any atom is 0.234 e. The van der Waals surface area contributed by atoms with Gasteiger partial charge in [0.2, 0.25) is 5.91 Å². The Bertz CT molecular complexity index is 651. The molecule has 0 aliphatic carbocycles. The van der Waals surface area contributed by atoms with Gasteiger partial charge in [0.1, 0.15) is 12.2 Å². The first kappa shape index (κ1) is 15.2. The van der Waals surface area contributed by atoms with E-state index in [1.807, 2.05) is 24.3 Å². The summed E-state index contributed by atoms with van der Waals surface area (Å²) in [6.07, 6.45) is -0.236. The fraction of sp³-hybridized carbons (Fsp3) is 0.125. The highest BCUT2D eigenvalue weighted by atomic mass is 79.9. The van der Waals surface area contributed by atoms with E-state index in [0.29, 0.717) is 5.56 Å². The second-order valence-corrected chi connectivity index (χ2v) is 5.36. The van der Waals surface area contributed by atoms with Crippen molar-refractivity contribution in [2.45, 2.75) is 12.5 Å². The van der Waals surface area contributed by atoms with Crippen LogP contribution in [-0.4, -0.2) is 5.91 Å². The van der Waals surface area contributed by atoms with Gasteiger partial charge in [0.15, 0.2) is 0 Å². The third-order valence-electron chi connectivity index (χ3n) is 2.91. The molecule has 0 heterocycles. The largest absolute Gasteiger partial charge is 0.344 e. The van der Waals surface area contributed by atoms with Crippen molar-refractivity contribution in [3.05, 3.63) is 69.9 Å². The fourth-order valence-electron chi connectivity index (χ4n) is 2.02. The van der Waals surface area contributed by atoms with Gasteiger partial charge in [-0.25, -0.2) is 4.39 Å². The molecule has 106 valence electrons. The molecule has 0 aromatic heterocycles. The van der Waals surface area contributed by atoms with Crippen molar-refractivity contribution in [3.8, 4) is 6.07 Å². The SMILES string of the molecule is N#CCC(=O)N[C@H](c1cccc(F)c1)c1cccc(Br)c1. The summed E-state index contributed by atoms with van der Waals surface area (Å²) < 4.78 is 14.3. The molecule has 1 atom stereocenters. The minimum Gasteiger partial charge on any atom is -0.344 e. The smallest absolute Gasteiger partial charge is 0.234 e. The zero-order valence-corrected chi connectivity index (χ0v) is 12.6. The summed E-state index contributed by atoms with van der Waals surface area (Å²) in [6.45, 7) is 0. The standard InChI is InChI=1S/C16H12BrFN2O/c17-13-5-1-3-11(9-13)16(20-15(21)7-8-19)12-4-2-6-14(18)10-12/h1-6,9-10,16H,7H2,(H,20,21)/t16-/m0/s1. The lowest BCUT2D eigenvalue weighted by Crippen LogP contribution is -2.28. The van der Waals surface area contributed by atoms with Crippen LogP contribution < -0.4 is 5.32 Å². The number of nitrogens with zero attached hydrogens (tertiary/aromatic N) is 1. The van der Waals surface area contributed by atoms with Gasteiger partial charge in [-0.2, -0.15) is 5.26 Å². The number of carbonyl (C=O) groups excluding carboxylic acids is 1. The van der Waals surface area contributed by atoms with Crippen molar-refractivity contribution < 1.29 is 9.18 Å². The summed E-state index contributed by atoms with van der Waals surface area (Å²) in [5.41, 5.74) is 1.43. The van der Waals surface area contributed by atoms with Crippen LogP contribution in [0.25, 0.3) is 0 Å². The number of nitriles is 1. The van der Waals surface area contributed by atoms with E-state index in [2.05, 4.69) is 21.2 Å². The van der Waals surface area contributed by atoms with Crippen molar-refractivity contribution in [2.24, 2.45) is 0 Å². The molecule has 0 saturated heterocycles. The number of halogens is 2. The van der Waals surface area contributed by atoms with Crippen LogP contribution in [0.5, 0.6) is 0 Å². The summed E-state index contributed by atoms with van der Waals surface area (Å²) in [5.74, 6) is -0.770. The number of hydrogen-bond acceptors (Lipinski definition) is 2. The molecule has 2 aromatic rings. The lowest BCUT2D eigenvalue weighted by Gasteiger charge is -2.19. The first-order valence-corrected chi connectivity index (χ1v) is 7.06. The van der Waals surface area contributed by atoms with Gasteiger partial charge >= 0.3 is 0 Å². The molecule has 0 spiro atoms. The Kier molecular flexibility index (Phi) is 5.07.